The van der Waals surface area contributed by atoms with Crippen molar-refractivity contribution in [2.75, 3.05) is 33.4 Å². The standard InChI is InChI=1S/C18H30N2O3/c1-23-11-9-18(7-3-8-18)17(22)20-10-2-4-15(13-20)16(21)19-12-14-5-6-14/h14-15H,2-13H2,1H3,(H,19,21)/t15-/m1/s1. The average Bonchev–Trinajstić information content (AvgIpc) is 3.36. The van der Waals surface area contributed by atoms with Gasteiger partial charge in [0.15, 0.2) is 0 Å². The minimum absolute atomic E-state index is 0.0222. The van der Waals surface area contributed by atoms with Crippen LogP contribution < -0.4 is 5.32 Å². The molecule has 130 valence electrons. The number of piperidine rings is 1. The zero-order valence-electron chi connectivity index (χ0n) is 14.3. The van der Waals surface area contributed by atoms with Gasteiger partial charge in [-0.3, -0.25) is 9.59 Å². The van der Waals surface area contributed by atoms with Crippen molar-refractivity contribution < 1.29 is 14.3 Å². The maximum atomic E-state index is 13.0. The van der Waals surface area contributed by atoms with Crippen LogP contribution in [0.5, 0.6) is 0 Å². The quantitative estimate of drug-likeness (QED) is 0.779. The van der Waals surface area contributed by atoms with Gasteiger partial charge in [-0.25, -0.2) is 0 Å². The van der Waals surface area contributed by atoms with Crippen LogP contribution in [0, 0.1) is 17.3 Å². The highest BCUT2D eigenvalue weighted by molar-refractivity contribution is 5.85. The summed E-state index contributed by atoms with van der Waals surface area (Å²) in [5.74, 6) is 1.09. The number of hydrogen-bond donors (Lipinski definition) is 1. The maximum Gasteiger partial charge on any atom is 0.228 e. The minimum Gasteiger partial charge on any atom is -0.385 e. The van der Waals surface area contributed by atoms with E-state index >= 15 is 0 Å². The summed E-state index contributed by atoms with van der Waals surface area (Å²) in [6.45, 7) is 2.87. The van der Waals surface area contributed by atoms with E-state index in [1.807, 2.05) is 4.90 Å². The number of methoxy groups -OCH3 is 1. The van der Waals surface area contributed by atoms with E-state index in [1.165, 1.54) is 12.8 Å². The van der Waals surface area contributed by atoms with Gasteiger partial charge in [0.05, 0.1) is 11.3 Å². The molecule has 2 saturated carbocycles. The molecule has 0 aromatic rings. The summed E-state index contributed by atoms with van der Waals surface area (Å²) in [5, 5.41) is 3.08. The van der Waals surface area contributed by atoms with E-state index in [1.54, 1.807) is 7.11 Å². The van der Waals surface area contributed by atoms with Crippen LogP contribution >= 0.6 is 0 Å². The topological polar surface area (TPSA) is 58.6 Å². The molecule has 23 heavy (non-hydrogen) atoms. The van der Waals surface area contributed by atoms with Gasteiger partial charge in [-0.1, -0.05) is 6.42 Å². The molecule has 1 heterocycles. The SMILES string of the molecule is COCCC1(C(=O)N2CCC[C@@H](C(=O)NCC3CC3)C2)CCC1. The van der Waals surface area contributed by atoms with Crippen molar-refractivity contribution in [1.82, 2.24) is 10.2 Å². The fraction of sp³-hybridized carbons (Fsp3) is 0.889. The molecule has 1 N–H and O–H groups in total. The van der Waals surface area contributed by atoms with E-state index in [9.17, 15) is 9.59 Å². The molecule has 1 saturated heterocycles. The Morgan fingerprint density at radius 1 is 1.22 bits per heavy atom. The molecular formula is C18H30N2O3. The predicted octanol–water partition coefficient (Wildman–Crippen LogP) is 1.96. The van der Waals surface area contributed by atoms with Crippen LogP contribution in [-0.4, -0.2) is 50.1 Å². The van der Waals surface area contributed by atoms with Gasteiger partial charge in [0.1, 0.15) is 0 Å². The van der Waals surface area contributed by atoms with Gasteiger partial charge in [0.25, 0.3) is 0 Å². The number of nitrogens with zero attached hydrogens (tertiary/aromatic N) is 1. The molecular weight excluding hydrogens is 292 g/mol. The van der Waals surface area contributed by atoms with E-state index in [0.717, 1.165) is 51.6 Å². The van der Waals surface area contributed by atoms with Gasteiger partial charge in [-0.05, 0) is 50.9 Å². The molecule has 3 aliphatic rings. The molecule has 0 aromatic heterocycles. The molecule has 3 fully saturated rings. The summed E-state index contributed by atoms with van der Waals surface area (Å²) < 4.78 is 5.20. The Morgan fingerprint density at radius 2 is 2.00 bits per heavy atom. The Morgan fingerprint density at radius 3 is 2.61 bits per heavy atom. The Labute approximate surface area is 139 Å². The smallest absolute Gasteiger partial charge is 0.228 e. The highest BCUT2D eigenvalue weighted by Crippen LogP contribution is 2.46. The number of carbonyl (C=O) groups excluding carboxylic acids is 2. The predicted molar refractivity (Wildman–Crippen MR) is 87.8 cm³/mol. The zero-order valence-corrected chi connectivity index (χ0v) is 14.3. The molecule has 2 amide bonds. The zero-order chi connectivity index (χ0) is 16.3. The van der Waals surface area contributed by atoms with Crippen molar-refractivity contribution in [3.8, 4) is 0 Å². The number of likely N-dealkylation sites (tertiary alicyclic amines) is 1. The third-order valence-electron chi connectivity index (χ3n) is 5.89. The van der Waals surface area contributed by atoms with E-state index in [-0.39, 0.29) is 23.1 Å². The summed E-state index contributed by atoms with van der Waals surface area (Å²) in [7, 11) is 1.69. The second-order valence-electron chi connectivity index (χ2n) is 7.66. The summed E-state index contributed by atoms with van der Waals surface area (Å²) >= 11 is 0. The van der Waals surface area contributed by atoms with Crippen molar-refractivity contribution in [3.05, 3.63) is 0 Å². The monoisotopic (exact) mass is 322 g/mol. The average molecular weight is 322 g/mol. The highest BCUT2D eigenvalue weighted by atomic mass is 16.5. The Kier molecular flexibility index (Phi) is 5.24. The number of amides is 2. The van der Waals surface area contributed by atoms with E-state index in [4.69, 9.17) is 4.74 Å². The van der Waals surface area contributed by atoms with Crippen LogP contribution in [0.2, 0.25) is 0 Å². The first-order valence-electron chi connectivity index (χ1n) is 9.21. The van der Waals surface area contributed by atoms with Crippen molar-refractivity contribution in [2.45, 2.75) is 51.4 Å². The van der Waals surface area contributed by atoms with E-state index in [0.29, 0.717) is 19.1 Å². The van der Waals surface area contributed by atoms with Crippen LogP contribution in [0.4, 0.5) is 0 Å². The van der Waals surface area contributed by atoms with Gasteiger partial charge in [0, 0.05) is 33.4 Å². The molecule has 0 radical (unpaired) electrons. The summed E-state index contributed by atoms with van der Waals surface area (Å²) in [6, 6.07) is 0. The third kappa shape index (κ3) is 3.87. The lowest BCUT2D eigenvalue weighted by Gasteiger charge is -2.45. The number of nitrogens with one attached hydrogen (secondary N) is 1. The molecule has 5 heteroatoms. The van der Waals surface area contributed by atoms with Gasteiger partial charge in [-0.15, -0.1) is 0 Å². The van der Waals surface area contributed by atoms with Gasteiger partial charge >= 0.3 is 0 Å². The van der Waals surface area contributed by atoms with Gasteiger partial charge in [-0.2, -0.15) is 0 Å². The van der Waals surface area contributed by atoms with Crippen molar-refractivity contribution >= 4 is 11.8 Å². The first-order valence-corrected chi connectivity index (χ1v) is 9.21. The summed E-state index contributed by atoms with van der Waals surface area (Å²) in [5.41, 5.74) is -0.206. The molecule has 0 unspecified atom stereocenters. The lowest BCUT2D eigenvalue weighted by molar-refractivity contribution is -0.151. The molecule has 1 aliphatic heterocycles. The molecule has 3 rings (SSSR count). The number of rotatable bonds is 7. The lowest BCUT2D eigenvalue weighted by Crippen LogP contribution is -2.53. The van der Waals surface area contributed by atoms with Crippen LogP contribution in [-0.2, 0) is 14.3 Å². The second kappa shape index (κ2) is 7.20. The lowest BCUT2D eigenvalue weighted by atomic mass is 9.65. The molecule has 0 bridgehead atoms. The van der Waals surface area contributed by atoms with Crippen LogP contribution in [0.25, 0.3) is 0 Å². The van der Waals surface area contributed by atoms with E-state index in [2.05, 4.69) is 5.32 Å². The van der Waals surface area contributed by atoms with Crippen molar-refractivity contribution in [1.29, 1.82) is 0 Å². The second-order valence-corrected chi connectivity index (χ2v) is 7.66. The fourth-order valence-electron chi connectivity index (χ4n) is 3.89. The normalized spacial score (nSPS) is 26.5. The number of ether oxygens (including phenoxy) is 1. The fourth-order valence-corrected chi connectivity index (χ4v) is 3.89. The van der Waals surface area contributed by atoms with Crippen molar-refractivity contribution in [3.63, 3.8) is 0 Å². The summed E-state index contributed by atoms with van der Waals surface area (Å²) in [6.07, 6.45) is 8.24. The Bertz CT molecular complexity index is 444. The first-order chi connectivity index (χ1) is 11.1. The molecule has 5 nitrogen and oxygen atoms in total. The van der Waals surface area contributed by atoms with Crippen LogP contribution in [0.15, 0.2) is 0 Å². The van der Waals surface area contributed by atoms with Crippen molar-refractivity contribution in [2.24, 2.45) is 17.3 Å². The highest BCUT2D eigenvalue weighted by Gasteiger charge is 2.46. The number of hydrogen-bond acceptors (Lipinski definition) is 3. The largest absolute Gasteiger partial charge is 0.385 e. The Hall–Kier alpha value is -1.10. The molecule has 1 atom stereocenters. The molecule has 0 aromatic carbocycles. The summed E-state index contributed by atoms with van der Waals surface area (Å²) in [4.78, 5) is 27.3. The van der Waals surface area contributed by atoms with Gasteiger partial charge < -0.3 is 15.0 Å². The van der Waals surface area contributed by atoms with Crippen LogP contribution in [0.3, 0.4) is 0 Å². The third-order valence-corrected chi connectivity index (χ3v) is 5.89. The van der Waals surface area contributed by atoms with E-state index < -0.39 is 0 Å². The maximum absolute atomic E-state index is 13.0. The Balaban J connectivity index is 1.54. The minimum atomic E-state index is -0.206. The first kappa shape index (κ1) is 16.7. The number of carbonyl (C=O) groups is 2. The van der Waals surface area contributed by atoms with Gasteiger partial charge in [0.2, 0.25) is 11.8 Å². The van der Waals surface area contributed by atoms with Crippen LogP contribution in [0.1, 0.15) is 51.4 Å². The molecule has 0 spiro atoms. The molecule has 2 aliphatic carbocycles.